The number of allylic oxidation sites excluding steroid dienone is 1. The van der Waals surface area contributed by atoms with E-state index in [0.29, 0.717) is 5.75 Å². The summed E-state index contributed by atoms with van der Waals surface area (Å²) in [5.41, 5.74) is 0.983. The highest BCUT2D eigenvalue weighted by atomic mass is 79.9. The number of nitrogens with zero attached hydrogens (tertiary/aromatic N) is 1. The normalized spacial score (nSPS) is 17.9. The summed E-state index contributed by atoms with van der Waals surface area (Å²) in [6.07, 6.45) is 3.85. The second-order valence-electron chi connectivity index (χ2n) is 4.99. The Labute approximate surface area is 137 Å². The Balaban J connectivity index is 2.32. The van der Waals surface area contributed by atoms with E-state index in [1.54, 1.807) is 6.07 Å². The maximum absolute atomic E-state index is 10.3. The number of nitrogens with one attached hydrogen (secondary N) is 1. The quantitative estimate of drug-likeness (QED) is 0.733. The van der Waals surface area contributed by atoms with Crippen LogP contribution in [0.3, 0.4) is 0 Å². The molecule has 0 bridgehead atoms. The van der Waals surface area contributed by atoms with Crippen molar-refractivity contribution in [2.24, 2.45) is 0 Å². The first kappa shape index (κ1) is 16.0. The van der Waals surface area contributed by atoms with Crippen molar-refractivity contribution in [1.82, 2.24) is 10.2 Å². The summed E-state index contributed by atoms with van der Waals surface area (Å²) in [5, 5.41) is 13.7. The molecule has 0 saturated carbocycles. The zero-order chi connectivity index (χ0) is 14.5. The highest BCUT2D eigenvalue weighted by Crippen LogP contribution is 2.39. The fourth-order valence-corrected chi connectivity index (χ4v) is 4.15. The summed E-state index contributed by atoms with van der Waals surface area (Å²) in [4.78, 5) is 2.44. The largest absolute Gasteiger partial charge is 0.508 e. The standard InChI is InChI=1S/C15H20Br2N2O/c1-2-3-4-13(19-7-5-18-6-8-19)15-12(17)9-11(16)10-14(15)20/h2,9-10,13,18,20H,1,3-8H2/t13-/m0/s1. The van der Waals surface area contributed by atoms with Crippen molar-refractivity contribution in [3.05, 3.63) is 39.3 Å². The van der Waals surface area contributed by atoms with Gasteiger partial charge in [-0.2, -0.15) is 0 Å². The van der Waals surface area contributed by atoms with E-state index in [-0.39, 0.29) is 6.04 Å². The molecule has 0 aromatic heterocycles. The van der Waals surface area contributed by atoms with Gasteiger partial charge in [-0.25, -0.2) is 0 Å². The number of rotatable bonds is 5. The molecular formula is C15H20Br2N2O. The first-order valence-corrected chi connectivity index (χ1v) is 8.45. The Kier molecular flexibility index (Phi) is 6.08. The first-order valence-electron chi connectivity index (χ1n) is 6.87. The molecule has 0 unspecified atom stereocenters. The Morgan fingerprint density at radius 3 is 2.65 bits per heavy atom. The minimum atomic E-state index is 0.220. The summed E-state index contributed by atoms with van der Waals surface area (Å²) in [6, 6.07) is 3.99. The molecule has 20 heavy (non-hydrogen) atoms. The number of phenolic OH excluding ortho intramolecular Hbond substituents is 1. The van der Waals surface area contributed by atoms with E-state index in [1.807, 2.05) is 12.1 Å². The van der Waals surface area contributed by atoms with Gasteiger partial charge < -0.3 is 10.4 Å². The second-order valence-corrected chi connectivity index (χ2v) is 6.76. The van der Waals surface area contributed by atoms with Gasteiger partial charge in [-0.05, 0) is 25.0 Å². The Bertz CT molecular complexity index is 450. The van der Waals surface area contributed by atoms with E-state index in [2.05, 4.69) is 48.7 Å². The number of halogens is 2. The number of hydrogen-bond donors (Lipinski definition) is 2. The number of phenols is 1. The van der Waals surface area contributed by atoms with Gasteiger partial charge in [0.05, 0.1) is 0 Å². The van der Waals surface area contributed by atoms with Gasteiger partial charge in [0.25, 0.3) is 0 Å². The maximum atomic E-state index is 10.3. The zero-order valence-corrected chi connectivity index (χ0v) is 14.6. The van der Waals surface area contributed by atoms with E-state index >= 15 is 0 Å². The van der Waals surface area contributed by atoms with E-state index in [0.717, 1.165) is 53.5 Å². The lowest BCUT2D eigenvalue weighted by Crippen LogP contribution is -2.45. The predicted molar refractivity (Wildman–Crippen MR) is 90.1 cm³/mol. The van der Waals surface area contributed by atoms with Crippen LogP contribution in [0.15, 0.2) is 33.7 Å². The van der Waals surface area contributed by atoms with Gasteiger partial charge in [-0.1, -0.05) is 37.9 Å². The number of benzene rings is 1. The Hall–Kier alpha value is -0.360. The maximum Gasteiger partial charge on any atom is 0.122 e. The molecular weight excluding hydrogens is 384 g/mol. The summed E-state index contributed by atoms with van der Waals surface area (Å²) in [7, 11) is 0. The van der Waals surface area contributed by atoms with Crippen LogP contribution in [0.1, 0.15) is 24.4 Å². The summed E-state index contributed by atoms with van der Waals surface area (Å²) < 4.78 is 1.84. The molecule has 1 aliphatic rings. The molecule has 0 spiro atoms. The van der Waals surface area contributed by atoms with Crippen LogP contribution in [0.5, 0.6) is 5.75 Å². The molecule has 110 valence electrons. The van der Waals surface area contributed by atoms with Crippen molar-refractivity contribution in [1.29, 1.82) is 0 Å². The molecule has 1 atom stereocenters. The third-order valence-electron chi connectivity index (χ3n) is 3.64. The molecule has 1 fully saturated rings. The van der Waals surface area contributed by atoms with Crippen molar-refractivity contribution in [2.45, 2.75) is 18.9 Å². The lowest BCUT2D eigenvalue weighted by atomic mass is 9.98. The summed E-state index contributed by atoms with van der Waals surface area (Å²) in [5.74, 6) is 0.346. The smallest absolute Gasteiger partial charge is 0.122 e. The van der Waals surface area contributed by atoms with Crippen LogP contribution in [-0.4, -0.2) is 36.2 Å². The van der Waals surface area contributed by atoms with Gasteiger partial charge in [0.15, 0.2) is 0 Å². The van der Waals surface area contributed by atoms with E-state index in [9.17, 15) is 5.11 Å². The molecule has 0 radical (unpaired) electrons. The van der Waals surface area contributed by atoms with Crippen LogP contribution in [0.2, 0.25) is 0 Å². The lowest BCUT2D eigenvalue weighted by Gasteiger charge is -2.36. The number of aromatic hydroxyl groups is 1. The molecule has 0 amide bonds. The molecule has 1 heterocycles. The van der Waals surface area contributed by atoms with Gasteiger partial charge in [-0.3, -0.25) is 4.90 Å². The van der Waals surface area contributed by atoms with Crippen LogP contribution in [0.4, 0.5) is 0 Å². The zero-order valence-electron chi connectivity index (χ0n) is 11.4. The molecule has 1 aromatic carbocycles. The van der Waals surface area contributed by atoms with Crippen molar-refractivity contribution in [2.75, 3.05) is 26.2 Å². The lowest BCUT2D eigenvalue weighted by molar-refractivity contribution is 0.163. The van der Waals surface area contributed by atoms with Crippen LogP contribution < -0.4 is 5.32 Å². The van der Waals surface area contributed by atoms with Gasteiger partial charge in [0, 0.05) is 46.7 Å². The van der Waals surface area contributed by atoms with Crippen molar-refractivity contribution in [3.8, 4) is 5.75 Å². The molecule has 2 rings (SSSR count). The number of piperazine rings is 1. The third-order valence-corrected chi connectivity index (χ3v) is 4.76. The molecule has 3 nitrogen and oxygen atoms in total. The third kappa shape index (κ3) is 3.85. The summed E-state index contributed by atoms with van der Waals surface area (Å²) >= 11 is 7.01. The van der Waals surface area contributed by atoms with Crippen LogP contribution in [-0.2, 0) is 0 Å². The monoisotopic (exact) mass is 402 g/mol. The van der Waals surface area contributed by atoms with E-state index < -0.39 is 0 Å². The van der Waals surface area contributed by atoms with Gasteiger partial charge >= 0.3 is 0 Å². The highest BCUT2D eigenvalue weighted by Gasteiger charge is 2.26. The molecule has 1 saturated heterocycles. The average molecular weight is 404 g/mol. The minimum absolute atomic E-state index is 0.220. The fourth-order valence-electron chi connectivity index (χ4n) is 2.68. The van der Waals surface area contributed by atoms with Gasteiger partial charge in [0.1, 0.15) is 5.75 Å². The molecule has 0 aliphatic carbocycles. The second kappa shape index (κ2) is 7.59. The average Bonchev–Trinajstić information content (AvgIpc) is 2.42. The molecule has 1 aliphatic heterocycles. The van der Waals surface area contributed by atoms with Crippen LogP contribution >= 0.6 is 31.9 Å². The van der Waals surface area contributed by atoms with Crippen molar-refractivity contribution >= 4 is 31.9 Å². The van der Waals surface area contributed by atoms with Crippen molar-refractivity contribution < 1.29 is 5.11 Å². The molecule has 5 heteroatoms. The predicted octanol–water partition coefficient (Wildman–Crippen LogP) is 3.83. The van der Waals surface area contributed by atoms with Crippen LogP contribution in [0.25, 0.3) is 0 Å². The first-order chi connectivity index (χ1) is 9.63. The topological polar surface area (TPSA) is 35.5 Å². The molecule has 2 N–H and O–H groups in total. The molecule has 1 aromatic rings. The number of hydrogen-bond acceptors (Lipinski definition) is 3. The Morgan fingerprint density at radius 1 is 1.35 bits per heavy atom. The summed E-state index contributed by atoms with van der Waals surface area (Å²) in [6.45, 7) is 7.82. The Morgan fingerprint density at radius 2 is 2.05 bits per heavy atom. The van der Waals surface area contributed by atoms with Gasteiger partial charge in [0.2, 0.25) is 0 Å². The van der Waals surface area contributed by atoms with E-state index in [4.69, 9.17) is 0 Å². The van der Waals surface area contributed by atoms with Crippen molar-refractivity contribution in [3.63, 3.8) is 0 Å². The van der Waals surface area contributed by atoms with E-state index in [1.165, 1.54) is 0 Å². The van der Waals surface area contributed by atoms with Crippen LogP contribution in [0, 0.1) is 0 Å². The minimum Gasteiger partial charge on any atom is -0.508 e. The fraction of sp³-hybridized carbons (Fsp3) is 0.467. The highest BCUT2D eigenvalue weighted by molar-refractivity contribution is 9.11. The van der Waals surface area contributed by atoms with Gasteiger partial charge in [-0.15, -0.1) is 6.58 Å². The SMILES string of the molecule is C=CCC[C@@H](c1c(O)cc(Br)cc1Br)N1CCNCC1.